The maximum absolute atomic E-state index is 11.6. The summed E-state index contributed by atoms with van der Waals surface area (Å²) in [5.74, 6) is 1.23. The molecule has 1 aromatic heterocycles. The number of hydrogen-bond acceptors (Lipinski definition) is 6. The maximum Gasteiger partial charge on any atom is 0.217 e. The van der Waals surface area contributed by atoms with E-state index in [0.717, 1.165) is 50.9 Å². The van der Waals surface area contributed by atoms with Crippen LogP contribution in [0.5, 0.6) is 5.88 Å². The summed E-state index contributed by atoms with van der Waals surface area (Å²) < 4.78 is 38.0. The molecule has 2 heterocycles. The molecule has 0 amide bonds. The van der Waals surface area contributed by atoms with Gasteiger partial charge in [0, 0.05) is 23.8 Å². The number of hydrogen-bond donors (Lipinski definition) is 2. The first-order chi connectivity index (χ1) is 13.9. The van der Waals surface area contributed by atoms with Crippen LogP contribution < -0.4 is 14.8 Å². The maximum atomic E-state index is 11.6. The predicted octanol–water partition coefficient (Wildman–Crippen LogP) is 2.50. The van der Waals surface area contributed by atoms with Gasteiger partial charge in [-0.3, -0.25) is 0 Å². The number of pyridine rings is 1. The van der Waals surface area contributed by atoms with Crippen LogP contribution in [-0.2, 0) is 14.8 Å². The normalized spacial score (nSPS) is 28.2. The topological polar surface area (TPSA) is 89.6 Å². The van der Waals surface area contributed by atoms with Crippen molar-refractivity contribution in [1.29, 1.82) is 0 Å². The van der Waals surface area contributed by atoms with Gasteiger partial charge in [-0.25, -0.2) is 18.1 Å². The number of aromatic nitrogens is 1. The van der Waals surface area contributed by atoms with Crippen molar-refractivity contribution in [3.8, 4) is 5.88 Å². The van der Waals surface area contributed by atoms with Crippen molar-refractivity contribution in [2.75, 3.05) is 26.0 Å². The molecule has 2 N–H and O–H groups in total. The smallest absolute Gasteiger partial charge is 0.217 e. The van der Waals surface area contributed by atoms with Gasteiger partial charge in [0.2, 0.25) is 15.9 Å². The van der Waals surface area contributed by atoms with E-state index in [0.29, 0.717) is 19.1 Å². The van der Waals surface area contributed by atoms with Crippen LogP contribution in [0.3, 0.4) is 0 Å². The van der Waals surface area contributed by atoms with E-state index in [4.69, 9.17) is 9.47 Å². The molecule has 3 rings (SSSR count). The zero-order chi connectivity index (χ0) is 20.9. The second kappa shape index (κ2) is 10.2. The summed E-state index contributed by atoms with van der Waals surface area (Å²) in [7, 11) is -3.21. The molecule has 1 aromatic rings. The van der Waals surface area contributed by atoms with Crippen LogP contribution >= 0.6 is 0 Å². The Morgan fingerprint density at radius 1 is 1.24 bits per heavy atom. The van der Waals surface area contributed by atoms with Gasteiger partial charge in [-0.1, -0.05) is 0 Å². The summed E-state index contributed by atoms with van der Waals surface area (Å²) >= 11 is 0. The lowest BCUT2D eigenvalue weighted by Gasteiger charge is -2.35. The standard InChI is InChI=1S/C21H35N3O4S/c1-4-27-21-20(15(2)11-13-23-21)16-7-9-17(10-8-16)28-14-19-18(6-5-12-22-19)24-29(3,25)26/h11,13,16-19,22,24H,4-10,12,14H2,1-3H3/t16-,17+,18-,19-/m0/s1. The van der Waals surface area contributed by atoms with Gasteiger partial charge in [-0.2, -0.15) is 0 Å². The Morgan fingerprint density at radius 3 is 2.69 bits per heavy atom. The van der Waals surface area contributed by atoms with Crippen LogP contribution in [0, 0.1) is 6.92 Å². The molecule has 8 heteroatoms. The van der Waals surface area contributed by atoms with Gasteiger partial charge in [0.15, 0.2) is 0 Å². The van der Waals surface area contributed by atoms with Crippen LogP contribution in [0.4, 0.5) is 0 Å². The minimum absolute atomic E-state index is 0.0290. The number of ether oxygens (including phenoxy) is 2. The quantitative estimate of drug-likeness (QED) is 0.665. The molecule has 0 spiro atoms. The Bertz CT molecular complexity index is 763. The SMILES string of the molecule is CCOc1nccc(C)c1[C@H]1CC[C@@H](OC[C@@H]2NCCC[C@@H]2NS(C)(=O)=O)CC1. The molecule has 2 fully saturated rings. The molecule has 1 saturated heterocycles. The molecule has 1 aliphatic heterocycles. The second-order valence-corrected chi connectivity index (χ2v) is 10.1. The van der Waals surface area contributed by atoms with E-state index in [1.54, 1.807) is 0 Å². The minimum atomic E-state index is -3.21. The minimum Gasteiger partial charge on any atom is -0.478 e. The van der Waals surface area contributed by atoms with Crippen molar-refractivity contribution < 1.29 is 17.9 Å². The van der Waals surface area contributed by atoms with Crippen molar-refractivity contribution in [3.05, 3.63) is 23.4 Å². The summed E-state index contributed by atoms with van der Waals surface area (Å²) in [6.45, 7) is 6.19. The molecule has 7 nitrogen and oxygen atoms in total. The Hall–Kier alpha value is -1.22. The third-order valence-corrected chi connectivity index (χ3v) is 6.73. The first-order valence-electron chi connectivity index (χ1n) is 10.8. The molecule has 0 radical (unpaired) electrons. The van der Waals surface area contributed by atoms with E-state index in [9.17, 15) is 8.42 Å². The van der Waals surface area contributed by atoms with Gasteiger partial charge < -0.3 is 14.8 Å². The number of nitrogens with one attached hydrogen (secondary N) is 2. The molecular formula is C21H35N3O4S. The van der Waals surface area contributed by atoms with Crippen molar-refractivity contribution in [1.82, 2.24) is 15.0 Å². The zero-order valence-corrected chi connectivity index (χ0v) is 18.6. The highest BCUT2D eigenvalue weighted by atomic mass is 32.2. The summed E-state index contributed by atoms with van der Waals surface area (Å²) in [6.07, 6.45) is 9.20. The molecule has 2 atom stereocenters. The monoisotopic (exact) mass is 425 g/mol. The van der Waals surface area contributed by atoms with Gasteiger partial charge in [0.25, 0.3) is 0 Å². The average Bonchev–Trinajstić information content (AvgIpc) is 2.67. The molecule has 0 bridgehead atoms. The lowest BCUT2D eigenvalue weighted by Crippen LogP contribution is -2.55. The highest BCUT2D eigenvalue weighted by Crippen LogP contribution is 2.39. The summed E-state index contributed by atoms with van der Waals surface area (Å²) in [6, 6.07) is 1.99. The molecule has 29 heavy (non-hydrogen) atoms. The van der Waals surface area contributed by atoms with Crippen molar-refractivity contribution in [2.45, 2.75) is 76.5 Å². The zero-order valence-electron chi connectivity index (χ0n) is 17.8. The van der Waals surface area contributed by atoms with Gasteiger partial charge in [-0.05, 0) is 76.5 Å². The number of aryl methyl sites for hydroxylation is 1. The fraction of sp³-hybridized carbons (Fsp3) is 0.762. The van der Waals surface area contributed by atoms with Crippen molar-refractivity contribution >= 4 is 10.0 Å². The van der Waals surface area contributed by atoms with E-state index in [-0.39, 0.29) is 18.2 Å². The number of rotatable bonds is 8. The van der Waals surface area contributed by atoms with E-state index in [1.807, 2.05) is 13.1 Å². The third-order valence-electron chi connectivity index (χ3n) is 6.00. The third kappa shape index (κ3) is 6.38. The first kappa shape index (κ1) is 22.5. The highest BCUT2D eigenvalue weighted by molar-refractivity contribution is 7.88. The Balaban J connectivity index is 1.52. The van der Waals surface area contributed by atoms with Crippen LogP contribution in [-0.4, -0.2) is 57.6 Å². The number of sulfonamides is 1. The number of piperidine rings is 1. The fourth-order valence-corrected chi connectivity index (χ4v) is 5.43. The average molecular weight is 426 g/mol. The fourth-order valence-electron chi connectivity index (χ4n) is 4.60. The van der Waals surface area contributed by atoms with E-state index in [1.165, 1.54) is 17.4 Å². The molecule has 1 saturated carbocycles. The Kier molecular flexibility index (Phi) is 7.90. The van der Waals surface area contributed by atoms with Gasteiger partial charge in [0.05, 0.1) is 25.6 Å². The van der Waals surface area contributed by atoms with Crippen LogP contribution in [0.1, 0.15) is 62.5 Å². The Labute approximate surface area is 175 Å². The summed E-state index contributed by atoms with van der Waals surface area (Å²) in [5.41, 5.74) is 2.49. The molecule has 1 aliphatic carbocycles. The van der Waals surface area contributed by atoms with Crippen molar-refractivity contribution in [2.24, 2.45) is 0 Å². The van der Waals surface area contributed by atoms with Gasteiger partial charge in [-0.15, -0.1) is 0 Å². The van der Waals surface area contributed by atoms with E-state index >= 15 is 0 Å². The van der Waals surface area contributed by atoms with Gasteiger partial charge in [0.1, 0.15) is 0 Å². The molecular weight excluding hydrogens is 390 g/mol. The first-order valence-corrected chi connectivity index (χ1v) is 12.7. The van der Waals surface area contributed by atoms with Crippen molar-refractivity contribution in [3.63, 3.8) is 0 Å². The van der Waals surface area contributed by atoms with E-state index < -0.39 is 10.0 Å². The largest absolute Gasteiger partial charge is 0.478 e. The summed E-state index contributed by atoms with van der Waals surface area (Å²) in [4.78, 5) is 4.44. The molecule has 0 unspecified atom stereocenters. The Morgan fingerprint density at radius 2 is 2.00 bits per heavy atom. The second-order valence-electron chi connectivity index (χ2n) is 8.29. The number of nitrogens with zero attached hydrogens (tertiary/aromatic N) is 1. The van der Waals surface area contributed by atoms with E-state index in [2.05, 4.69) is 28.0 Å². The van der Waals surface area contributed by atoms with Gasteiger partial charge >= 0.3 is 0 Å². The lowest BCUT2D eigenvalue weighted by atomic mass is 9.81. The molecule has 2 aliphatic rings. The van der Waals surface area contributed by atoms with Crippen LogP contribution in [0.25, 0.3) is 0 Å². The lowest BCUT2D eigenvalue weighted by molar-refractivity contribution is 0.00504. The molecule has 0 aromatic carbocycles. The van der Waals surface area contributed by atoms with Crippen LogP contribution in [0.2, 0.25) is 0 Å². The van der Waals surface area contributed by atoms with Crippen LogP contribution in [0.15, 0.2) is 12.3 Å². The highest BCUT2D eigenvalue weighted by Gasteiger charge is 2.30. The summed E-state index contributed by atoms with van der Waals surface area (Å²) in [5, 5.41) is 3.42. The predicted molar refractivity (Wildman–Crippen MR) is 114 cm³/mol. The molecule has 164 valence electrons.